The molecule has 3 heterocycles. The van der Waals surface area contributed by atoms with Gasteiger partial charge in [0, 0.05) is 25.1 Å². The van der Waals surface area contributed by atoms with E-state index in [-0.39, 0.29) is 11.3 Å². The normalized spacial score (nSPS) is 26.9. The number of piperidine rings is 2. The minimum atomic E-state index is -3.43. The molecule has 2 bridgehead atoms. The zero-order valence-corrected chi connectivity index (χ0v) is 18.0. The van der Waals surface area contributed by atoms with E-state index in [0.717, 1.165) is 38.2 Å². The van der Waals surface area contributed by atoms with Crippen LogP contribution >= 0.6 is 0 Å². The quantitative estimate of drug-likeness (QED) is 0.675. The van der Waals surface area contributed by atoms with Crippen molar-refractivity contribution in [3.63, 3.8) is 0 Å². The zero-order chi connectivity index (χ0) is 21.9. The van der Waals surface area contributed by atoms with E-state index in [1.54, 1.807) is 12.1 Å². The maximum atomic E-state index is 13.6. The second-order valence-electron chi connectivity index (χ2n) is 8.75. The van der Waals surface area contributed by atoms with Gasteiger partial charge < -0.3 is 9.64 Å². The third-order valence-corrected chi connectivity index (χ3v) is 7.90. The van der Waals surface area contributed by atoms with Gasteiger partial charge in [0.15, 0.2) is 0 Å². The lowest BCUT2D eigenvalue weighted by Crippen LogP contribution is -2.62. The van der Waals surface area contributed by atoms with Crippen LogP contribution in [0.2, 0.25) is 0 Å². The lowest BCUT2D eigenvalue weighted by Gasteiger charge is -2.55. The summed E-state index contributed by atoms with van der Waals surface area (Å²) < 4.78 is 61.6. The van der Waals surface area contributed by atoms with Crippen molar-refractivity contribution in [2.75, 3.05) is 12.3 Å². The highest BCUT2D eigenvalue weighted by atomic mass is 32.2. The van der Waals surface area contributed by atoms with Crippen LogP contribution in [0, 0.1) is 0 Å². The zero-order valence-electron chi connectivity index (χ0n) is 17.2. The summed E-state index contributed by atoms with van der Waals surface area (Å²) >= 11 is 0. The van der Waals surface area contributed by atoms with E-state index in [9.17, 15) is 17.2 Å². The average Bonchev–Trinajstić information content (AvgIpc) is 2.74. The Morgan fingerprint density at radius 3 is 2.48 bits per heavy atom. The Kier molecular flexibility index (Phi) is 4.62. The molecule has 2 aromatic carbocycles. The number of halogens is 2. The van der Waals surface area contributed by atoms with Crippen LogP contribution in [0.1, 0.15) is 43.7 Å². The number of nitrogens with zero attached hydrogens (tertiary/aromatic N) is 2. The molecule has 2 saturated heterocycles. The maximum absolute atomic E-state index is 13.6. The van der Waals surface area contributed by atoms with Gasteiger partial charge >= 0.3 is 0 Å². The Balaban J connectivity index is 1.44. The SMILES string of the molecule is CC(F)(F)c1cccc(Oc2ccc(C34CCC(CC3)N3CCS(=O)(=O)N=C34)cc2)c1. The van der Waals surface area contributed by atoms with E-state index in [2.05, 4.69) is 9.30 Å². The fraction of sp³-hybridized carbons (Fsp3) is 0.435. The number of sulfonamides is 1. The van der Waals surface area contributed by atoms with Crippen molar-refractivity contribution in [2.45, 2.75) is 50.0 Å². The molecule has 31 heavy (non-hydrogen) atoms. The lowest BCUT2D eigenvalue weighted by molar-refractivity contribution is 0.0173. The number of hydrogen-bond acceptors (Lipinski definition) is 4. The number of rotatable bonds is 4. The fourth-order valence-electron chi connectivity index (χ4n) is 5.13. The number of fused-ring (bicyclic) bond motifs is 2. The highest BCUT2D eigenvalue weighted by Gasteiger charge is 2.52. The molecule has 0 amide bonds. The first kappa shape index (κ1) is 20.4. The van der Waals surface area contributed by atoms with Crippen LogP contribution in [-0.4, -0.2) is 37.5 Å². The summed E-state index contributed by atoms with van der Waals surface area (Å²) in [5, 5.41) is 0. The largest absolute Gasteiger partial charge is 0.457 e. The van der Waals surface area contributed by atoms with Crippen molar-refractivity contribution in [2.24, 2.45) is 4.40 Å². The fourth-order valence-corrected chi connectivity index (χ4v) is 6.19. The van der Waals surface area contributed by atoms with Crippen molar-refractivity contribution >= 4 is 15.9 Å². The molecule has 3 aliphatic heterocycles. The summed E-state index contributed by atoms with van der Waals surface area (Å²) in [5.41, 5.74) is 0.522. The molecule has 8 heteroatoms. The number of alkyl halides is 2. The standard InChI is InChI=1S/C23H24F2N2O3S/c1-22(24,25)17-3-2-4-20(15-17)30-19-7-5-16(6-8-19)23-11-9-18(10-12-23)27-13-14-31(28,29)26-21(23)27/h2-8,15,18H,9-14H2,1H3. The highest BCUT2D eigenvalue weighted by Crippen LogP contribution is 2.49. The average molecular weight is 447 g/mol. The number of amidine groups is 1. The minimum Gasteiger partial charge on any atom is -0.457 e. The van der Waals surface area contributed by atoms with Gasteiger partial charge in [0.2, 0.25) is 0 Å². The molecule has 0 unspecified atom stereocenters. The van der Waals surface area contributed by atoms with Gasteiger partial charge in [-0.1, -0.05) is 24.3 Å². The molecule has 164 valence electrons. The molecule has 1 aliphatic carbocycles. The van der Waals surface area contributed by atoms with Gasteiger partial charge in [-0.2, -0.15) is 0 Å². The molecule has 5 nitrogen and oxygen atoms in total. The van der Waals surface area contributed by atoms with Gasteiger partial charge in [-0.25, -0.2) is 17.2 Å². The van der Waals surface area contributed by atoms with Crippen molar-refractivity contribution in [3.8, 4) is 11.5 Å². The second kappa shape index (κ2) is 7.02. The van der Waals surface area contributed by atoms with E-state index >= 15 is 0 Å². The Morgan fingerprint density at radius 2 is 1.81 bits per heavy atom. The van der Waals surface area contributed by atoms with Gasteiger partial charge in [0.05, 0.1) is 11.2 Å². The summed E-state index contributed by atoms with van der Waals surface area (Å²) in [6.45, 7) is 1.36. The molecule has 0 radical (unpaired) electrons. The van der Waals surface area contributed by atoms with E-state index in [0.29, 0.717) is 29.9 Å². The maximum Gasteiger partial charge on any atom is 0.270 e. The number of ether oxygens (including phenoxy) is 1. The molecule has 4 aliphatic rings. The predicted molar refractivity (Wildman–Crippen MR) is 114 cm³/mol. The van der Waals surface area contributed by atoms with E-state index in [1.807, 2.05) is 24.3 Å². The van der Waals surface area contributed by atoms with Crippen molar-refractivity contribution in [1.29, 1.82) is 0 Å². The first-order valence-corrected chi connectivity index (χ1v) is 12.1. The van der Waals surface area contributed by atoms with Crippen LogP contribution in [-0.2, 0) is 21.4 Å². The number of benzene rings is 2. The molecular formula is C23H24F2N2O3S. The summed E-state index contributed by atoms with van der Waals surface area (Å²) in [4.78, 5) is 2.19. The summed E-state index contributed by atoms with van der Waals surface area (Å²) in [6, 6.07) is 13.8. The van der Waals surface area contributed by atoms with E-state index < -0.39 is 21.4 Å². The summed E-state index contributed by atoms with van der Waals surface area (Å²) in [5.74, 6) is -1.29. The smallest absolute Gasteiger partial charge is 0.270 e. The van der Waals surface area contributed by atoms with Gasteiger partial charge in [-0.05, 0) is 55.5 Å². The molecule has 0 N–H and O–H groups in total. The molecular weight excluding hydrogens is 422 g/mol. The first-order chi connectivity index (χ1) is 14.7. The first-order valence-electron chi connectivity index (χ1n) is 10.5. The monoisotopic (exact) mass is 446 g/mol. The summed E-state index contributed by atoms with van der Waals surface area (Å²) in [7, 11) is -3.43. The molecule has 0 aromatic heterocycles. The predicted octanol–water partition coefficient (Wildman–Crippen LogP) is 4.83. The molecule has 2 aromatic rings. The topological polar surface area (TPSA) is 59.0 Å². The molecule has 0 spiro atoms. The van der Waals surface area contributed by atoms with Gasteiger partial charge in [0.25, 0.3) is 15.9 Å². The van der Waals surface area contributed by atoms with Gasteiger partial charge in [-0.3, -0.25) is 0 Å². The lowest BCUT2D eigenvalue weighted by atomic mass is 9.63. The van der Waals surface area contributed by atoms with Crippen LogP contribution < -0.4 is 4.74 Å². The van der Waals surface area contributed by atoms with Crippen LogP contribution in [0.4, 0.5) is 8.78 Å². The molecule has 1 saturated carbocycles. The Labute approximate surface area is 180 Å². The third kappa shape index (κ3) is 3.60. The van der Waals surface area contributed by atoms with Crippen molar-refractivity contribution in [1.82, 2.24) is 4.90 Å². The molecule has 6 rings (SSSR count). The second-order valence-corrected chi connectivity index (χ2v) is 10.5. The van der Waals surface area contributed by atoms with Crippen LogP contribution in [0.5, 0.6) is 11.5 Å². The summed E-state index contributed by atoms with van der Waals surface area (Å²) in [6.07, 6.45) is 3.79. The number of hydrogen-bond donors (Lipinski definition) is 0. The third-order valence-electron chi connectivity index (χ3n) is 6.75. The Morgan fingerprint density at radius 1 is 1.10 bits per heavy atom. The highest BCUT2D eigenvalue weighted by molar-refractivity contribution is 7.90. The van der Waals surface area contributed by atoms with Gasteiger partial charge in [0.1, 0.15) is 17.3 Å². The van der Waals surface area contributed by atoms with Crippen LogP contribution in [0.15, 0.2) is 52.9 Å². The van der Waals surface area contributed by atoms with Crippen molar-refractivity contribution in [3.05, 3.63) is 59.7 Å². The Bertz CT molecular complexity index is 1130. The minimum absolute atomic E-state index is 0.0751. The van der Waals surface area contributed by atoms with E-state index in [4.69, 9.17) is 4.74 Å². The van der Waals surface area contributed by atoms with E-state index in [1.165, 1.54) is 12.1 Å². The molecule has 0 atom stereocenters. The van der Waals surface area contributed by atoms with Crippen LogP contribution in [0.3, 0.4) is 0 Å². The molecule has 3 fully saturated rings. The van der Waals surface area contributed by atoms with Crippen LogP contribution in [0.25, 0.3) is 0 Å². The van der Waals surface area contributed by atoms with Gasteiger partial charge in [-0.15, -0.1) is 4.40 Å². The Hall–Kier alpha value is -2.48. The van der Waals surface area contributed by atoms with Crippen molar-refractivity contribution < 1.29 is 21.9 Å².